The third-order valence-electron chi connectivity index (χ3n) is 5.57. The van der Waals surface area contributed by atoms with E-state index in [4.69, 9.17) is 0 Å². The van der Waals surface area contributed by atoms with Crippen molar-refractivity contribution in [2.24, 2.45) is 23.7 Å². The second kappa shape index (κ2) is 6.22. The van der Waals surface area contributed by atoms with Crippen molar-refractivity contribution in [3.8, 4) is 0 Å². The Balaban J connectivity index is 1.88. The largest absolute Gasteiger partial charge is 0.316 e. The summed E-state index contributed by atoms with van der Waals surface area (Å²) in [4.78, 5) is 0. The summed E-state index contributed by atoms with van der Waals surface area (Å²) in [7, 11) is 2.20. The van der Waals surface area contributed by atoms with Gasteiger partial charge in [0.15, 0.2) is 0 Å². The van der Waals surface area contributed by atoms with Crippen molar-refractivity contribution in [2.75, 3.05) is 7.05 Å². The quantitative estimate of drug-likeness (QED) is 0.771. The second-order valence-corrected chi connectivity index (χ2v) is 6.68. The lowest BCUT2D eigenvalue weighted by molar-refractivity contribution is 0.188. The molecule has 0 aliphatic heterocycles. The van der Waals surface area contributed by atoms with Gasteiger partial charge in [-0.05, 0) is 56.4 Å². The fourth-order valence-corrected chi connectivity index (χ4v) is 4.31. The maximum Gasteiger partial charge on any atom is 0.0121 e. The van der Waals surface area contributed by atoms with E-state index in [-0.39, 0.29) is 0 Å². The minimum absolute atomic E-state index is 0.819. The van der Waals surface area contributed by atoms with Gasteiger partial charge in [-0.1, -0.05) is 39.5 Å². The summed E-state index contributed by atoms with van der Waals surface area (Å²) in [6, 6.07) is 0.819. The molecule has 0 amide bonds. The van der Waals surface area contributed by atoms with E-state index < -0.39 is 0 Å². The summed E-state index contributed by atoms with van der Waals surface area (Å²) in [5.41, 5.74) is 0. The topological polar surface area (TPSA) is 12.0 Å². The number of hydrogen-bond donors (Lipinski definition) is 1. The molecule has 2 rings (SSSR count). The third kappa shape index (κ3) is 3.24. The first kappa shape index (κ1) is 13.4. The molecule has 0 aromatic rings. The Hall–Kier alpha value is -0.0400. The number of rotatable bonds is 4. The van der Waals surface area contributed by atoms with Gasteiger partial charge in [-0.2, -0.15) is 0 Å². The maximum atomic E-state index is 3.67. The van der Waals surface area contributed by atoms with Crippen LogP contribution in [0.2, 0.25) is 0 Å². The predicted molar refractivity (Wildman–Crippen MR) is 75.1 cm³/mol. The maximum absolute atomic E-state index is 3.67. The van der Waals surface area contributed by atoms with E-state index in [1.165, 1.54) is 51.4 Å². The van der Waals surface area contributed by atoms with E-state index in [9.17, 15) is 0 Å². The number of hydrogen-bond acceptors (Lipinski definition) is 1. The van der Waals surface area contributed by atoms with Gasteiger partial charge in [-0.3, -0.25) is 0 Å². The minimum atomic E-state index is 0.819. The van der Waals surface area contributed by atoms with Crippen LogP contribution < -0.4 is 5.32 Å². The van der Waals surface area contributed by atoms with Crippen LogP contribution in [0.1, 0.15) is 65.2 Å². The van der Waals surface area contributed by atoms with Crippen LogP contribution in [-0.2, 0) is 0 Å². The summed E-state index contributed by atoms with van der Waals surface area (Å²) in [6.45, 7) is 4.79. The van der Waals surface area contributed by atoms with Crippen molar-refractivity contribution in [1.82, 2.24) is 5.32 Å². The van der Waals surface area contributed by atoms with E-state index >= 15 is 0 Å². The van der Waals surface area contributed by atoms with Crippen LogP contribution in [0.3, 0.4) is 0 Å². The average molecular weight is 237 g/mol. The van der Waals surface area contributed by atoms with E-state index in [0.29, 0.717) is 0 Å². The van der Waals surface area contributed by atoms with Gasteiger partial charge in [0, 0.05) is 6.04 Å². The van der Waals surface area contributed by atoms with Crippen molar-refractivity contribution < 1.29 is 0 Å². The molecule has 0 bridgehead atoms. The molecule has 3 atom stereocenters. The molecule has 2 aliphatic rings. The molecule has 0 aromatic carbocycles. The van der Waals surface area contributed by atoms with Crippen LogP contribution in [0.15, 0.2) is 0 Å². The van der Waals surface area contributed by atoms with Crippen molar-refractivity contribution in [2.45, 2.75) is 71.3 Å². The lowest BCUT2D eigenvalue weighted by Gasteiger charge is -2.36. The highest BCUT2D eigenvalue weighted by molar-refractivity contribution is 4.89. The fourth-order valence-electron chi connectivity index (χ4n) is 4.31. The summed E-state index contributed by atoms with van der Waals surface area (Å²) in [5.74, 6) is 3.95. The molecule has 0 radical (unpaired) electrons. The average Bonchev–Trinajstić information content (AvgIpc) is 2.81. The highest BCUT2D eigenvalue weighted by Crippen LogP contribution is 2.40. The molecule has 0 saturated heterocycles. The van der Waals surface area contributed by atoms with Crippen LogP contribution in [0.25, 0.3) is 0 Å². The number of nitrogens with one attached hydrogen (secondary N) is 1. The van der Waals surface area contributed by atoms with Gasteiger partial charge in [0.1, 0.15) is 0 Å². The molecule has 2 fully saturated rings. The Morgan fingerprint density at radius 2 is 1.65 bits per heavy atom. The molecular weight excluding hydrogens is 206 g/mol. The summed E-state index contributed by atoms with van der Waals surface area (Å²) in [6.07, 6.45) is 11.7. The van der Waals surface area contributed by atoms with E-state index in [1.54, 1.807) is 0 Å². The Labute approximate surface area is 108 Å². The molecule has 1 nitrogen and oxygen atoms in total. The summed E-state index contributed by atoms with van der Waals surface area (Å²) in [5, 5.41) is 3.67. The van der Waals surface area contributed by atoms with Gasteiger partial charge >= 0.3 is 0 Å². The summed E-state index contributed by atoms with van der Waals surface area (Å²) >= 11 is 0. The van der Waals surface area contributed by atoms with Gasteiger partial charge in [-0.25, -0.2) is 0 Å². The van der Waals surface area contributed by atoms with E-state index in [2.05, 4.69) is 26.2 Å². The summed E-state index contributed by atoms with van der Waals surface area (Å²) < 4.78 is 0. The van der Waals surface area contributed by atoms with Gasteiger partial charge < -0.3 is 5.32 Å². The molecule has 17 heavy (non-hydrogen) atoms. The van der Waals surface area contributed by atoms with Gasteiger partial charge in [0.25, 0.3) is 0 Å². The molecule has 0 heterocycles. The second-order valence-electron chi connectivity index (χ2n) is 6.68. The molecule has 3 unspecified atom stereocenters. The highest BCUT2D eigenvalue weighted by Gasteiger charge is 2.34. The fraction of sp³-hybridized carbons (Fsp3) is 1.00. The van der Waals surface area contributed by atoms with Crippen molar-refractivity contribution in [3.63, 3.8) is 0 Å². The molecule has 0 spiro atoms. The van der Waals surface area contributed by atoms with Crippen LogP contribution >= 0.6 is 0 Å². The standard InChI is InChI=1S/C16H31N/c1-4-13-7-10-15(11-13)16(17-3)14-8-5-12(2)6-9-14/h12-17H,4-11H2,1-3H3. The Morgan fingerprint density at radius 1 is 1.00 bits per heavy atom. The van der Waals surface area contributed by atoms with E-state index in [1.807, 2.05) is 0 Å². The third-order valence-corrected chi connectivity index (χ3v) is 5.57. The zero-order valence-corrected chi connectivity index (χ0v) is 12.0. The molecule has 2 aliphatic carbocycles. The van der Waals surface area contributed by atoms with Crippen LogP contribution in [0.5, 0.6) is 0 Å². The zero-order valence-electron chi connectivity index (χ0n) is 12.0. The SMILES string of the molecule is CCC1CCC(C(NC)C2CCC(C)CC2)C1. The first-order valence-corrected chi connectivity index (χ1v) is 7.91. The molecule has 2 saturated carbocycles. The van der Waals surface area contributed by atoms with Gasteiger partial charge in [-0.15, -0.1) is 0 Å². The first-order valence-electron chi connectivity index (χ1n) is 7.91. The molecule has 0 aromatic heterocycles. The Morgan fingerprint density at radius 3 is 2.18 bits per heavy atom. The smallest absolute Gasteiger partial charge is 0.0121 e. The van der Waals surface area contributed by atoms with Crippen LogP contribution in [0.4, 0.5) is 0 Å². The monoisotopic (exact) mass is 237 g/mol. The van der Waals surface area contributed by atoms with Gasteiger partial charge in [0.2, 0.25) is 0 Å². The molecule has 1 N–H and O–H groups in total. The Kier molecular flexibility index (Phi) is 4.90. The van der Waals surface area contributed by atoms with Crippen molar-refractivity contribution in [3.05, 3.63) is 0 Å². The zero-order chi connectivity index (χ0) is 12.3. The lowest BCUT2D eigenvalue weighted by atomic mass is 9.75. The molecule has 100 valence electrons. The van der Waals surface area contributed by atoms with Crippen molar-refractivity contribution >= 4 is 0 Å². The minimum Gasteiger partial charge on any atom is -0.316 e. The highest BCUT2D eigenvalue weighted by atomic mass is 14.9. The lowest BCUT2D eigenvalue weighted by Crippen LogP contribution is -2.41. The van der Waals surface area contributed by atoms with Crippen LogP contribution in [0, 0.1) is 23.7 Å². The van der Waals surface area contributed by atoms with Crippen LogP contribution in [-0.4, -0.2) is 13.1 Å². The predicted octanol–water partition coefficient (Wildman–Crippen LogP) is 4.23. The van der Waals surface area contributed by atoms with E-state index in [0.717, 1.165) is 29.7 Å². The normalized spacial score (nSPS) is 40.4. The van der Waals surface area contributed by atoms with Crippen molar-refractivity contribution in [1.29, 1.82) is 0 Å². The Bertz CT molecular complexity index is 216. The molecule has 1 heteroatoms. The first-order chi connectivity index (χ1) is 8.24. The molecular formula is C16H31N. The van der Waals surface area contributed by atoms with Gasteiger partial charge in [0.05, 0.1) is 0 Å².